The highest BCUT2D eigenvalue weighted by atomic mass is 32.2. The smallest absolute Gasteiger partial charge is 0.255 e. The van der Waals surface area contributed by atoms with Gasteiger partial charge in [0, 0.05) is 30.3 Å². The predicted molar refractivity (Wildman–Crippen MR) is 115 cm³/mol. The summed E-state index contributed by atoms with van der Waals surface area (Å²) in [5.74, 6) is 0.728. The molecule has 0 atom stereocenters. The van der Waals surface area contributed by atoms with Crippen LogP contribution < -0.4 is 10.1 Å². The molecular weight excluding hydrogens is 408 g/mol. The topological polar surface area (TPSA) is 75.7 Å². The fourth-order valence-electron chi connectivity index (χ4n) is 3.22. The molecule has 1 fully saturated rings. The summed E-state index contributed by atoms with van der Waals surface area (Å²) in [6.45, 7) is 1.50. The number of thioether (sulfide) groups is 1. The lowest BCUT2D eigenvalue weighted by Crippen LogP contribution is -2.35. The van der Waals surface area contributed by atoms with Crippen molar-refractivity contribution in [3.63, 3.8) is 0 Å². The average molecular weight is 435 g/mol. The number of carbonyl (C=O) groups is 1. The Bertz CT molecular complexity index is 927. The Hall–Kier alpha value is -2.03. The van der Waals surface area contributed by atoms with Gasteiger partial charge < -0.3 is 10.1 Å². The standard InChI is InChI=1S/C21H26N2O4S2/c1-27-20-11-10-18(29(25,26)23-13-6-3-7-14-23)16-19(20)21(24)22-12-15-28-17-8-4-2-5-9-17/h2,4-5,8-11,16H,3,6-7,12-15H2,1H3,(H,22,24). The van der Waals surface area contributed by atoms with Crippen LogP contribution in [0.5, 0.6) is 5.75 Å². The van der Waals surface area contributed by atoms with Gasteiger partial charge >= 0.3 is 0 Å². The summed E-state index contributed by atoms with van der Waals surface area (Å²) < 4.78 is 32.6. The molecule has 0 spiro atoms. The molecule has 1 amide bonds. The molecule has 6 nitrogen and oxygen atoms in total. The van der Waals surface area contributed by atoms with Crippen LogP contribution in [0.3, 0.4) is 0 Å². The first kappa shape index (κ1) is 21.7. The van der Waals surface area contributed by atoms with Gasteiger partial charge in [-0.15, -0.1) is 11.8 Å². The Kier molecular flexibility index (Phi) is 7.57. The van der Waals surface area contributed by atoms with Crippen molar-refractivity contribution < 1.29 is 17.9 Å². The minimum atomic E-state index is -3.61. The van der Waals surface area contributed by atoms with Crippen molar-refractivity contribution in [3.05, 3.63) is 54.1 Å². The van der Waals surface area contributed by atoms with Crippen molar-refractivity contribution in [1.29, 1.82) is 0 Å². The van der Waals surface area contributed by atoms with Gasteiger partial charge in [0.25, 0.3) is 5.91 Å². The minimum absolute atomic E-state index is 0.129. The SMILES string of the molecule is COc1ccc(S(=O)(=O)N2CCCCC2)cc1C(=O)NCCSc1ccccc1. The predicted octanol–water partition coefficient (Wildman–Crippen LogP) is 3.39. The second-order valence-electron chi connectivity index (χ2n) is 6.74. The molecule has 1 aliphatic heterocycles. The zero-order valence-electron chi connectivity index (χ0n) is 16.5. The second-order valence-corrected chi connectivity index (χ2v) is 9.85. The van der Waals surface area contributed by atoms with Crippen LogP contribution >= 0.6 is 11.8 Å². The minimum Gasteiger partial charge on any atom is -0.496 e. The number of sulfonamides is 1. The average Bonchev–Trinajstić information content (AvgIpc) is 2.77. The van der Waals surface area contributed by atoms with E-state index in [1.54, 1.807) is 17.8 Å². The number of nitrogens with one attached hydrogen (secondary N) is 1. The van der Waals surface area contributed by atoms with Crippen molar-refractivity contribution in [1.82, 2.24) is 9.62 Å². The maximum absolute atomic E-state index is 12.9. The highest BCUT2D eigenvalue weighted by Crippen LogP contribution is 2.26. The lowest BCUT2D eigenvalue weighted by molar-refractivity contribution is 0.0953. The number of methoxy groups -OCH3 is 1. The number of rotatable bonds is 8. The Morgan fingerprint density at radius 3 is 2.52 bits per heavy atom. The summed E-state index contributed by atoms with van der Waals surface area (Å²) in [4.78, 5) is 13.9. The van der Waals surface area contributed by atoms with Gasteiger partial charge in [-0.25, -0.2) is 8.42 Å². The zero-order chi connectivity index (χ0) is 20.7. The summed E-state index contributed by atoms with van der Waals surface area (Å²) in [6.07, 6.45) is 2.77. The van der Waals surface area contributed by atoms with Gasteiger partial charge in [-0.05, 0) is 43.2 Å². The molecule has 0 radical (unpaired) electrons. The first-order valence-corrected chi connectivity index (χ1v) is 12.1. The van der Waals surface area contributed by atoms with Crippen molar-refractivity contribution in [2.45, 2.75) is 29.1 Å². The molecular formula is C21H26N2O4S2. The van der Waals surface area contributed by atoms with E-state index in [9.17, 15) is 13.2 Å². The van der Waals surface area contributed by atoms with E-state index in [1.165, 1.54) is 23.5 Å². The molecule has 0 saturated carbocycles. The molecule has 1 heterocycles. The highest BCUT2D eigenvalue weighted by molar-refractivity contribution is 7.99. The molecule has 1 aliphatic rings. The molecule has 0 aliphatic carbocycles. The van der Waals surface area contributed by atoms with Crippen LogP contribution in [-0.4, -0.2) is 51.1 Å². The maximum atomic E-state index is 12.9. The highest BCUT2D eigenvalue weighted by Gasteiger charge is 2.27. The van der Waals surface area contributed by atoms with Crippen LogP contribution in [-0.2, 0) is 10.0 Å². The molecule has 1 saturated heterocycles. The molecule has 2 aromatic rings. The molecule has 0 unspecified atom stereocenters. The fourth-order valence-corrected chi connectivity index (χ4v) is 5.56. The molecule has 8 heteroatoms. The van der Waals surface area contributed by atoms with Gasteiger partial charge in [-0.1, -0.05) is 24.6 Å². The van der Waals surface area contributed by atoms with Crippen LogP contribution in [0.1, 0.15) is 29.6 Å². The van der Waals surface area contributed by atoms with E-state index in [-0.39, 0.29) is 16.4 Å². The third-order valence-corrected chi connectivity index (χ3v) is 7.68. The third-order valence-electron chi connectivity index (χ3n) is 4.77. The van der Waals surface area contributed by atoms with Crippen LogP contribution in [0.15, 0.2) is 58.3 Å². The van der Waals surface area contributed by atoms with Gasteiger partial charge in [0.1, 0.15) is 5.75 Å². The monoisotopic (exact) mass is 434 g/mol. The van der Waals surface area contributed by atoms with E-state index in [0.717, 1.165) is 24.2 Å². The van der Waals surface area contributed by atoms with Gasteiger partial charge in [-0.2, -0.15) is 4.31 Å². The largest absolute Gasteiger partial charge is 0.496 e. The molecule has 29 heavy (non-hydrogen) atoms. The van der Waals surface area contributed by atoms with Gasteiger partial charge in [0.15, 0.2) is 0 Å². The molecule has 2 aromatic carbocycles. The quantitative estimate of drug-likeness (QED) is 0.509. The second kappa shape index (κ2) is 10.1. The summed E-state index contributed by atoms with van der Waals surface area (Å²) in [5.41, 5.74) is 0.232. The molecule has 156 valence electrons. The van der Waals surface area contributed by atoms with E-state index in [1.807, 2.05) is 30.3 Å². The van der Waals surface area contributed by atoms with Crippen LogP contribution in [0.2, 0.25) is 0 Å². The summed E-state index contributed by atoms with van der Waals surface area (Å²) >= 11 is 1.65. The first-order valence-electron chi connectivity index (χ1n) is 9.66. The number of piperidine rings is 1. The van der Waals surface area contributed by atoms with Crippen LogP contribution in [0, 0.1) is 0 Å². The Balaban J connectivity index is 1.68. The van der Waals surface area contributed by atoms with Crippen molar-refractivity contribution >= 4 is 27.7 Å². The Morgan fingerprint density at radius 1 is 1.10 bits per heavy atom. The van der Waals surface area contributed by atoms with Crippen LogP contribution in [0.4, 0.5) is 0 Å². The zero-order valence-corrected chi connectivity index (χ0v) is 18.1. The number of benzene rings is 2. The van der Waals surface area contributed by atoms with Crippen molar-refractivity contribution in [3.8, 4) is 5.75 Å². The summed E-state index contributed by atoms with van der Waals surface area (Å²) in [5, 5.41) is 2.85. The molecule has 3 rings (SSSR count). The lowest BCUT2D eigenvalue weighted by atomic mass is 10.2. The Labute approximate surface area is 176 Å². The van der Waals surface area contributed by atoms with Crippen LogP contribution in [0.25, 0.3) is 0 Å². The van der Waals surface area contributed by atoms with Crippen molar-refractivity contribution in [2.75, 3.05) is 32.5 Å². The number of hydrogen-bond donors (Lipinski definition) is 1. The third kappa shape index (κ3) is 5.52. The molecule has 0 bridgehead atoms. The molecule has 1 N–H and O–H groups in total. The first-order chi connectivity index (χ1) is 14.0. The lowest BCUT2D eigenvalue weighted by Gasteiger charge is -2.26. The van der Waals surface area contributed by atoms with E-state index >= 15 is 0 Å². The van der Waals surface area contributed by atoms with Crippen molar-refractivity contribution in [2.24, 2.45) is 0 Å². The molecule has 0 aromatic heterocycles. The van der Waals surface area contributed by atoms with Gasteiger partial charge in [-0.3, -0.25) is 4.79 Å². The van der Waals surface area contributed by atoms with E-state index < -0.39 is 10.0 Å². The number of carbonyl (C=O) groups excluding carboxylic acids is 1. The number of nitrogens with zero attached hydrogens (tertiary/aromatic N) is 1. The number of ether oxygens (including phenoxy) is 1. The van der Waals surface area contributed by atoms with E-state index in [4.69, 9.17) is 4.74 Å². The normalized spacial score (nSPS) is 15.1. The van der Waals surface area contributed by atoms with E-state index in [0.29, 0.717) is 31.1 Å². The summed E-state index contributed by atoms with van der Waals surface area (Å²) in [7, 11) is -2.14. The van der Waals surface area contributed by atoms with Gasteiger partial charge in [0.2, 0.25) is 10.0 Å². The van der Waals surface area contributed by atoms with Gasteiger partial charge in [0.05, 0.1) is 17.6 Å². The summed E-state index contributed by atoms with van der Waals surface area (Å²) in [6, 6.07) is 14.4. The Morgan fingerprint density at radius 2 is 1.83 bits per heavy atom. The number of amides is 1. The maximum Gasteiger partial charge on any atom is 0.255 e. The van der Waals surface area contributed by atoms with E-state index in [2.05, 4.69) is 5.32 Å². The fraction of sp³-hybridized carbons (Fsp3) is 0.381. The number of hydrogen-bond acceptors (Lipinski definition) is 5.